The zero-order valence-electron chi connectivity index (χ0n) is 19.2. The molecule has 2 fully saturated rings. The summed E-state index contributed by atoms with van der Waals surface area (Å²) in [5.74, 6) is 1.54. The first-order valence-corrected chi connectivity index (χ1v) is 12.2. The highest BCUT2D eigenvalue weighted by Gasteiger charge is 2.29. The highest BCUT2D eigenvalue weighted by molar-refractivity contribution is 6.36. The Balaban J connectivity index is 1.46. The van der Waals surface area contributed by atoms with E-state index in [1.165, 1.54) is 6.20 Å². The highest BCUT2D eigenvalue weighted by Crippen LogP contribution is 2.36. The summed E-state index contributed by atoms with van der Waals surface area (Å²) in [6.07, 6.45) is 4.11. The van der Waals surface area contributed by atoms with Crippen LogP contribution in [0.25, 0.3) is 11.1 Å². The van der Waals surface area contributed by atoms with Crippen molar-refractivity contribution in [3.63, 3.8) is 0 Å². The number of hydrogen-bond donors (Lipinski definition) is 3. The van der Waals surface area contributed by atoms with Crippen LogP contribution < -0.4 is 16.0 Å². The van der Waals surface area contributed by atoms with Crippen molar-refractivity contribution in [3.8, 4) is 11.1 Å². The summed E-state index contributed by atoms with van der Waals surface area (Å²) in [6.45, 7) is 6.65. The third kappa shape index (κ3) is 6.21. The molecule has 1 amide bonds. The monoisotopic (exact) mass is 504 g/mol. The molecule has 2 aliphatic rings. The number of carbonyl (C=O) groups is 1. The molecular formula is C25H30Cl2N4O3. The summed E-state index contributed by atoms with van der Waals surface area (Å²) in [4.78, 5) is 17.1. The SMILES string of the molecule is C=C1CC(CNc2ccc(Cl)c(-c3cc(NC(=O)[C@H]4CN[C@@H](COC)C4)ncc3Cl)c2)CCO1. The number of carbonyl (C=O) groups excluding carboxylic acids is 1. The molecule has 0 bridgehead atoms. The molecule has 0 spiro atoms. The van der Waals surface area contributed by atoms with Gasteiger partial charge in [-0.15, -0.1) is 0 Å². The van der Waals surface area contributed by atoms with E-state index in [1.54, 1.807) is 13.2 Å². The number of ether oxygens (including phenoxy) is 2. The number of pyridine rings is 1. The van der Waals surface area contributed by atoms with Crippen molar-refractivity contribution in [1.29, 1.82) is 0 Å². The largest absolute Gasteiger partial charge is 0.499 e. The lowest BCUT2D eigenvalue weighted by Gasteiger charge is -2.25. The first-order chi connectivity index (χ1) is 16.4. The predicted molar refractivity (Wildman–Crippen MR) is 136 cm³/mol. The van der Waals surface area contributed by atoms with E-state index in [1.807, 2.05) is 18.2 Å². The van der Waals surface area contributed by atoms with Gasteiger partial charge in [0.2, 0.25) is 5.91 Å². The Bertz CT molecular complexity index is 1050. The Kier molecular flexibility index (Phi) is 8.32. The van der Waals surface area contributed by atoms with Gasteiger partial charge in [-0.1, -0.05) is 29.8 Å². The number of nitrogens with one attached hydrogen (secondary N) is 3. The number of halogens is 2. The second-order valence-electron chi connectivity index (χ2n) is 8.85. The number of aromatic nitrogens is 1. The Morgan fingerprint density at radius 3 is 2.91 bits per heavy atom. The summed E-state index contributed by atoms with van der Waals surface area (Å²) < 4.78 is 10.6. The maximum Gasteiger partial charge on any atom is 0.229 e. The van der Waals surface area contributed by atoms with Crippen molar-refractivity contribution in [2.75, 3.05) is 44.0 Å². The minimum absolute atomic E-state index is 0.0774. The third-order valence-electron chi connectivity index (χ3n) is 6.27. The van der Waals surface area contributed by atoms with Gasteiger partial charge in [0.05, 0.1) is 29.9 Å². The molecule has 2 aliphatic heterocycles. The number of benzene rings is 1. The van der Waals surface area contributed by atoms with Crippen LogP contribution in [0.2, 0.25) is 10.0 Å². The van der Waals surface area contributed by atoms with Crippen molar-refractivity contribution in [2.24, 2.45) is 11.8 Å². The fraction of sp³-hybridized carbons (Fsp3) is 0.440. The fourth-order valence-corrected chi connectivity index (χ4v) is 4.84. The molecule has 0 saturated carbocycles. The first kappa shape index (κ1) is 24.8. The van der Waals surface area contributed by atoms with Crippen LogP contribution in [0.3, 0.4) is 0 Å². The number of rotatable bonds is 8. The van der Waals surface area contributed by atoms with Crippen molar-refractivity contribution >= 4 is 40.6 Å². The van der Waals surface area contributed by atoms with Gasteiger partial charge in [0.15, 0.2) is 0 Å². The standard InChI is InChI=1S/C25H30Cl2N4O3/c1-15-7-16(5-6-34-15)11-28-18-3-4-22(26)20(9-18)21-10-24(30-13-23(21)27)31-25(32)17-8-19(14-33-2)29-12-17/h3-4,9-10,13,16-17,19,28-29H,1,5-8,11-12,14H2,2H3,(H,30,31,32)/t16?,17-,19-/m1/s1. The second kappa shape index (κ2) is 11.4. The molecule has 0 radical (unpaired) electrons. The van der Waals surface area contributed by atoms with Crippen LogP contribution >= 0.6 is 23.2 Å². The Hall–Kier alpha value is -2.32. The number of allylic oxidation sites excluding steroid dienone is 1. The zero-order chi connectivity index (χ0) is 24.1. The van der Waals surface area contributed by atoms with Gasteiger partial charge in [0.25, 0.3) is 0 Å². The predicted octanol–water partition coefficient (Wildman–Crippen LogP) is 4.97. The number of hydrogen-bond acceptors (Lipinski definition) is 6. The molecular weight excluding hydrogens is 475 g/mol. The molecule has 2 saturated heterocycles. The summed E-state index contributed by atoms with van der Waals surface area (Å²) >= 11 is 13.0. The maximum absolute atomic E-state index is 12.8. The molecule has 7 nitrogen and oxygen atoms in total. The van der Waals surface area contributed by atoms with E-state index < -0.39 is 0 Å². The van der Waals surface area contributed by atoms with E-state index >= 15 is 0 Å². The van der Waals surface area contributed by atoms with Crippen LogP contribution in [0.15, 0.2) is 42.8 Å². The topological polar surface area (TPSA) is 84.5 Å². The zero-order valence-corrected chi connectivity index (χ0v) is 20.7. The number of anilines is 2. The molecule has 182 valence electrons. The molecule has 3 N–H and O–H groups in total. The Labute approximate surface area is 210 Å². The summed E-state index contributed by atoms with van der Waals surface area (Å²) in [6, 6.07) is 7.71. The molecule has 9 heteroatoms. The van der Waals surface area contributed by atoms with E-state index in [9.17, 15) is 4.79 Å². The van der Waals surface area contributed by atoms with E-state index in [0.29, 0.717) is 47.1 Å². The molecule has 4 rings (SSSR count). The summed E-state index contributed by atoms with van der Waals surface area (Å²) in [5, 5.41) is 10.7. The minimum Gasteiger partial charge on any atom is -0.499 e. The smallest absolute Gasteiger partial charge is 0.229 e. The van der Waals surface area contributed by atoms with Gasteiger partial charge in [0.1, 0.15) is 5.82 Å². The second-order valence-corrected chi connectivity index (χ2v) is 9.67. The van der Waals surface area contributed by atoms with Gasteiger partial charge in [-0.2, -0.15) is 0 Å². The molecule has 2 aromatic rings. The normalized spacial score (nSPS) is 22.3. The van der Waals surface area contributed by atoms with Crippen molar-refractivity contribution < 1.29 is 14.3 Å². The van der Waals surface area contributed by atoms with Gasteiger partial charge in [0, 0.05) is 60.7 Å². The van der Waals surface area contributed by atoms with E-state index in [0.717, 1.165) is 42.8 Å². The lowest BCUT2D eigenvalue weighted by Crippen LogP contribution is -2.26. The van der Waals surface area contributed by atoms with E-state index in [-0.39, 0.29) is 17.9 Å². The van der Waals surface area contributed by atoms with E-state index in [4.69, 9.17) is 32.7 Å². The molecule has 1 aromatic heterocycles. The van der Waals surface area contributed by atoms with Crippen LogP contribution in [0.1, 0.15) is 19.3 Å². The van der Waals surface area contributed by atoms with E-state index in [2.05, 4.69) is 27.5 Å². The van der Waals surface area contributed by atoms with Gasteiger partial charge < -0.3 is 25.4 Å². The molecule has 34 heavy (non-hydrogen) atoms. The Morgan fingerprint density at radius 1 is 1.29 bits per heavy atom. The van der Waals surface area contributed by atoms with Gasteiger partial charge >= 0.3 is 0 Å². The lowest BCUT2D eigenvalue weighted by molar-refractivity contribution is -0.119. The Morgan fingerprint density at radius 2 is 2.12 bits per heavy atom. The molecule has 3 heterocycles. The van der Waals surface area contributed by atoms with Crippen LogP contribution in [0.5, 0.6) is 0 Å². The molecule has 0 aliphatic carbocycles. The van der Waals surface area contributed by atoms with Crippen molar-refractivity contribution in [3.05, 3.63) is 52.8 Å². The molecule has 1 unspecified atom stereocenters. The average Bonchev–Trinajstić information content (AvgIpc) is 3.29. The third-order valence-corrected chi connectivity index (χ3v) is 6.90. The maximum atomic E-state index is 12.8. The lowest BCUT2D eigenvalue weighted by atomic mass is 9.98. The van der Waals surface area contributed by atoms with Gasteiger partial charge in [-0.25, -0.2) is 4.98 Å². The molecule has 1 aromatic carbocycles. The quantitative estimate of drug-likeness (QED) is 0.470. The number of methoxy groups -OCH3 is 1. The number of nitrogens with zero attached hydrogens (tertiary/aromatic N) is 1. The van der Waals surface area contributed by atoms with Crippen molar-refractivity contribution in [1.82, 2.24) is 10.3 Å². The molecule has 3 atom stereocenters. The highest BCUT2D eigenvalue weighted by atomic mass is 35.5. The summed E-state index contributed by atoms with van der Waals surface area (Å²) in [7, 11) is 1.66. The minimum atomic E-state index is -0.140. The average molecular weight is 505 g/mol. The first-order valence-electron chi connectivity index (χ1n) is 11.5. The van der Waals surface area contributed by atoms with Gasteiger partial charge in [-0.3, -0.25) is 4.79 Å². The van der Waals surface area contributed by atoms with Crippen molar-refractivity contribution in [2.45, 2.75) is 25.3 Å². The van der Waals surface area contributed by atoms with Crippen LogP contribution in [0, 0.1) is 11.8 Å². The van der Waals surface area contributed by atoms with Crippen LogP contribution in [-0.4, -0.2) is 50.3 Å². The van der Waals surface area contributed by atoms with Crippen LogP contribution in [0.4, 0.5) is 11.5 Å². The fourth-order valence-electron chi connectivity index (χ4n) is 4.42. The van der Waals surface area contributed by atoms with Gasteiger partial charge in [-0.05, 0) is 43.0 Å². The van der Waals surface area contributed by atoms with Crippen LogP contribution in [-0.2, 0) is 14.3 Å². The number of amides is 1. The summed E-state index contributed by atoms with van der Waals surface area (Å²) in [5.41, 5.74) is 2.42.